The lowest BCUT2D eigenvalue weighted by molar-refractivity contribution is 0.0261. The number of halogens is 2. The summed E-state index contributed by atoms with van der Waals surface area (Å²) in [6, 6.07) is 0.345. The first-order valence-corrected chi connectivity index (χ1v) is 14.9. The highest BCUT2D eigenvalue weighted by molar-refractivity contribution is 7.86. The molecule has 2 N–H and O–H groups in total. The number of hydrogen-bond donors (Lipinski definition) is 2. The first-order valence-electron chi connectivity index (χ1n) is 13.5. The molecule has 3 aliphatic rings. The summed E-state index contributed by atoms with van der Waals surface area (Å²) in [6.07, 6.45) is 1.12. The first-order chi connectivity index (χ1) is 18.4. The average Bonchev–Trinajstić information content (AvgIpc) is 3.19. The second kappa shape index (κ2) is 10.6. The van der Waals surface area contributed by atoms with E-state index in [2.05, 4.69) is 20.2 Å². The third kappa shape index (κ3) is 5.53. The zero-order valence-corrected chi connectivity index (χ0v) is 23.4. The summed E-state index contributed by atoms with van der Waals surface area (Å²) in [5.74, 6) is 0.579. The van der Waals surface area contributed by atoms with Gasteiger partial charge in [-0.05, 0) is 65.1 Å². The van der Waals surface area contributed by atoms with Gasteiger partial charge >= 0.3 is 0 Å². The number of hydrogen-bond acceptors (Lipinski definition) is 8. The molecule has 11 nitrogen and oxygen atoms in total. The molecule has 216 valence electrons. The van der Waals surface area contributed by atoms with Crippen LogP contribution in [-0.2, 0) is 10.2 Å². The number of rotatable bonds is 8. The fourth-order valence-corrected chi connectivity index (χ4v) is 7.91. The van der Waals surface area contributed by atoms with E-state index < -0.39 is 39.4 Å². The van der Waals surface area contributed by atoms with Crippen molar-refractivity contribution >= 4 is 27.2 Å². The van der Waals surface area contributed by atoms with Crippen LogP contribution < -0.4 is 10.9 Å². The van der Waals surface area contributed by atoms with Crippen LogP contribution in [0.3, 0.4) is 0 Å². The van der Waals surface area contributed by atoms with Gasteiger partial charge in [-0.15, -0.1) is 0 Å². The van der Waals surface area contributed by atoms with E-state index in [-0.39, 0.29) is 17.6 Å². The Morgan fingerprint density at radius 1 is 1.21 bits per heavy atom. The maximum absolute atomic E-state index is 13.7. The fourth-order valence-electron chi connectivity index (χ4n) is 6.11. The molecule has 0 radical (unpaired) electrons. The third-order valence-electron chi connectivity index (χ3n) is 8.21. The maximum Gasteiger partial charge on any atom is 0.281 e. The molecule has 2 atom stereocenters. The van der Waals surface area contributed by atoms with Crippen LogP contribution in [0.4, 0.5) is 14.7 Å². The van der Waals surface area contributed by atoms with Crippen LogP contribution in [0.25, 0.3) is 11.0 Å². The van der Waals surface area contributed by atoms with Crippen molar-refractivity contribution in [3.8, 4) is 0 Å². The number of pyridine rings is 1. The molecule has 0 bridgehead atoms. The van der Waals surface area contributed by atoms with Crippen LogP contribution in [-0.4, -0.2) is 100 Å². The Bertz CT molecular complexity index is 1370. The molecule has 5 rings (SSSR count). The van der Waals surface area contributed by atoms with E-state index >= 15 is 0 Å². The summed E-state index contributed by atoms with van der Waals surface area (Å²) in [5.41, 5.74) is -2.53. The number of fused-ring (bicyclic) bond motifs is 1. The van der Waals surface area contributed by atoms with Crippen molar-refractivity contribution in [1.29, 1.82) is 0 Å². The van der Waals surface area contributed by atoms with Gasteiger partial charge in [-0.3, -0.25) is 9.36 Å². The Kier molecular flexibility index (Phi) is 7.70. The van der Waals surface area contributed by atoms with Gasteiger partial charge in [-0.25, -0.2) is 13.8 Å². The number of nitrogens with one attached hydrogen (secondary N) is 1. The fraction of sp³-hybridized carbons (Fsp3) is 0.720. The van der Waals surface area contributed by atoms with E-state index in [1.165, 1.54) is 19.4 Å². The molecule has 0 amide bonds. The Morgan fingerprint density at radius 3 is 2.49 bits per heavy atom. The molecule has 1 saturated carbocycles. The topological polar surface area (TPSA) is 124 Å². The van der Waals surface area contributed by atoms with Crippen molar-refractivity contribution in [3.63, 3.8) is 0 Å². The van der Waals surface area contributed by atoms with Gasteiger partial charge in [0.15, 0.2) is 0 Å². The minimum absolute atomic E-state index is 0.0955. The van der Waals surface area contributed by atoms with E-state index in [1.807, 2.05) is 14.1 Å². The van der Waals surface area contributed by atoms with Crippen LogP contribution in [0.2, 0.25) is 0 Å². The zero-order valence-electron chi connectivity index (χ0n) is 22.6. The minimum atomic E-state index is -3.50. The van der Waals surface area contributed by atoms with E-state index in [1.54, 1.807) is 6.92 Å². The van der Waals surface area contributed by atoms with Crippen LogP contribution >= 0.6 is 0 Å². The molecule has 0 spiro atoms. The smallest absolute Gasteiger partial charge is 0.281 e. The molecule has 2 saturated heterocycles. The highest BCUT2D eigenvalue weighted by atomic mass is 32.2. The lowest BCUT2D eigenvalue weighted by Crippen LogP contribution is -2.58. The van der Waals surface area contributed by atoms with Crippen molar-refractivity contribution in [3.05, 3.63) is 28.2 Å². The van der Waals surface area contributed by atoms with Gasteiger partial charge in [0.2, 0.25) is 5.95 Å². The van der Waals surface area contributed by atoms with Crippen LogP contribution in [0.15, 0.2) is 17.1 Å². The summed E-state index contributed by atoms with van der Waals surface area (Å²) in [7, 11) is 0.462. The van der Waals surface area contributed by atoms with E-state index in [9.17, 15) is 27.1 Å². The predicted molar refractivity (Wildman–Crippen MR) is 143 cm³/mol. The van der Waals surface area contributed by atoms with Gasteiger partial charge < -0.3 is 15.3 Å². The van der Waals surface area contributed by atoms with Gasteiger partial charge in [0, 0.05) is 50.3 Å². The number of aliphatic hydroxyl groups is 1. The molecule has 2 aromatic rings. The van der Waals surface area contributed by atoms with E-state index in [0.29, 0.717) is 69.6 Å². The summed E-state index contributed by atoms with van der Waals surface area (Å²) in [6.45, 7) is 4.26. The number of nitrogens with zero attached hydrogens (tertiary/aromatic N) is 6. The Hall–Kier alpha value is -2.26. The van der Waals surface area contributed by atoms with Gasteiger partial charge in [0.25, 0.3) is 22.2 Å². The number of piperidine rings is 1. The molecular formula is C25H37F2N7O4S. The molecule has 14 heteroatoms. The quantitative estimate of drug-likeness (QED) is 0.494. The van der Waals surface area contributed by atoms with Crippen molar-refractivity contribution < 1.29 is 22.3 Å². The minimum Gasteiger partial charge on any atom is -0.388 e. The maximum atomic E-state index is 13.7. The van der Waals surface area contributed by atoms with E-state index in [4.69, 9.17) is 0 Å². The molecule has 4 heterocycles. The second-order valence-electron chi connectivity index (χ2n) is 11.6. The SMILES string of the molecule is CN(C)CC1CN(S(=O)(=O)N2CCC(Nc3ncc4cc(C(F)F)c(=O)n([C@@H]5CCC[C@@]5(C)O)c4n3)CC2)C1. The molecule has 2 aromatic heterocycles. The Labute approximate surface area is 227 Å². The summed E-state index contributed by atoms with van der Waals surface area (Å²) in [4.78, 5) is 24.0. The van der Waals surface area contributed by atoms with Gasteiger partial charge in [-0.2, -0.15) is 22.0 Å². The predicted octanol–water partition coefficient (Wildman–Crippen LogP) is 1.82. The molecule has 2 aliphatic heterocycles. The lowest BCUT2D eigenvalue weighted by atomic mass is 9.99. The van der Waals surface area contributed by atoms with Crippen LogP contribution in [0.1, 0.15) is 57.1 Å². The Morgan fingerprint density at radius 2 is 1.90 bits per heavy atom. The average molecular weight is 570 g/mol. The second-order valence-corrected chi connectivity index (χ2v) is 13.5. The highest BCUT2D eigenvalue weighted by Crippen LogP contribution is 2.40. The molecule has 0 unspecified atom stereocenters. The number of alkyl halides is 2. The van der Waals surface area contributed by atoms with Crippen LogP contribution in [0.5, 0.6) is 0 Å². The zero-order chi connectivity index (χ0) is 28.1. The summed E-state index contributed by atoms with van der Waals surface area (Å²) < 4.78 is 57.7. The van der Waals surface area contributed by atoms with Gasteiger partial charge in [0.1, 0.15) is 5.65 Å². The van der Waals surface area contributed by atoms with Gasteiger partial charge in [-0.1, -0.05) is 0 Å². The normalized spacial score (nSPS) is 26.1. The molecule has 3 fully saturated rings. The summed E-state index contributed by atoms with van der Waals surface area (Å²) in [5, 5.41) is 14.4. The molecule has 0 aromatic carbocycles. The Balaban J connectivity index is 1.31. The van der Waals surface area contributed by atoms with Gasteiger partial charge in [0.05, 0.1) is 17.2 Å². The number of anilines is 1. The van der Waals surface area contributed by atoms with Crippen molar-refractivity contribution in [2.24, 2.45) is 5.92 Å². The molecular weight excluding hydrogens is 532 g/mol. The monoisotopic (exact) mass is 569 g/mol. The number of aromatic nitrogens is 3. The molecule has 1 aliphatic carbocycles. The largest absolute Gasteiger partial charge is 0.388 e. The first kappa shape index (κ1) is 28.3. The van der Waals surface area contributed by atoms with Crippen molar-refractivity contribution in [2.45, 2.75) is 63.1 Å². The standard InChI is InChI=1S/C25H37F2N7O4S/c1-25(36)8-4-5-20(25)34-22-17(11-19(21(26)27)23(34)35)12-28-24(30-22)29-18-6-9-32(10-7-18)39(37,38)33-14-16(15-33)13-31(2)3/h11-12,16,18,20-21,36H,4-10,13-15H2,1-3H3,(H,28,29,30)/t20-,25-/m1/s1. The molecule has 39 heavy (non-hydrogen) atoms. The van der Waals surface area contributed by atoms with Crippen molar-refractivity contribution in [1.82, 2.24) is 28.0 Å². The third-order valence-corrected chi connectivity index (χ3v) is 10.2. The van der Waals surface area contributed by atoms with Crippen molar-refractivity contribution in [2.75, 3.05) is 52.1 Å². The summed E-state index contributed by atoms with van der Waals surface area (Å²) >= 11 is 0. The van der Waals surface area contributed by atoms with Crippen LogP contribution in [0, 0.1) is 5.92 Å². The highest BCUT2D eigenvalue weighted by Gasteiger charge is 2.41. The van der Waals surface area contributed by atoms with E-state index in [0.717, 1.165) is 12.6 Å². The lowest BCUT2D eigenvalue weighted by Gasteiger charge is -2.43.